The van der Waals surface area contributed by atoms with E-state index in [0.717, 1.165) is 0 Å². The Morgan fingerprint density at radius 2 is 1.83 bits per heavy atom. The number of hydrogen-bond donors (Lipinski definition) is 1. The van der Waals surface area contributed by atoms with Crippen LogP contribution in [0.5, 0.6) is 0 Å². The van der Waals surface area contributed by atoms with Crippen molar-refractivity contribution >= 4 is 27.2 Å². The molecule has 1 rings (SSSR count). The lowest BCUT2D eigenvalue weighted by atomic mass is 10.2. The molecule has 4 nitrogen and oxygen atoms in total. The number of nitrogens with two attached hydrogens (primary N) is 1. The topological polar surface area (TPSA) is 63.4 Å². The average molecular weight is 286 g/mol. The summed E-state index contributed by atoms with van der Waals surface area (Å²) in [4.78, 5) is 0.521. The zero-order valence-corrected chi connectivity index (χ0v) is 12.4. The van der Waals surface area contributed by atoms with E-state index < -0.39 is 10.0 Å². The Kier molecular flexibility index (Phi) is 4.84. The molecule has 0 unspecified atom stereocenters. The smallest absolute Gasteiger partial charge is 0.243 e. The molecule has 1 aromatic carbocycles. The van der Waals surface area contributed by atoms with Gasteiger partial charge >= 0.3 is 0 Å². The molecule has 6 heteroatoms. The molecule has 0 radical (unpaired) electrons. The second kappa shape index (κ2) is 5.77. The van der Waals surface area contributed by atoms with Crippen molar-refractivity contribution in [2.24, 2.45) is 5.73 Å². The minimum Gasteiger partial charge on any atom is -0.389 e. The van der Waals surface area contributed by atoms with Crippen molar-refractivity contribution in [3.05, 3.63) is 29.8 Å². The molecule has 0 fully saturated rings. The van der Waals surface area contributed by atoms with Gasteiger partial charge in [-0.3, -0.25) is 0 Å². The number of hydrogen-bond acceptors (Lipinski definition) is 3. The summed E-state index contributed by atoms with van der Waals surface area (Å²) in [5.74, 6) is 0. The van der Waals surface area contributed by atoms with Crippen LogP contribution in [0.3, 0.4) is 0 Å². The molecule has 0 aliphatic carbocycles. The van der Waals surface area contributed by atoms with Gasteiger partial charge in [0.25, 0.3) is 0 Å². The molecule has 0 aromatic heterocycles. The van der Waals surface area contributed by atoms with Crippen molar-refractivity contribution in [2.75, 3.05) is 6.54 Å². The molecule has 0 aliphatic rings. The van der Waals surface area contributed by atoms with E-state index in [4.69, 9.17) is 18.0 Å². The van der Waals surface area contributed by atoms with E-state index in [1.54, 1.807) is 12.1 Å². The summed E-state index contributed by atoms with van der Waals surface area (Å²) < 4.78 is 26.1. The van der Waals surface area contributed by atoms with Gasteiger partial charge in [-0.15, -0.1) is 0 Å². The van der Waals surface area contributed by atoms with Gasteiger partial charge in [0.15, 0.2) is 0 Å². The van der Waals surface area contributed by atoms with E-state index in [-0.39, 0.29) is 15.9 Å². The zero-order valence-electron chi connectivity index (χ0n) is 10.8. The lowest BCUT2D eigenvalue weighted by Crippen LogP contribution is -2.36. The number of thiocarbonyl (C=S) groups is 1. The van der Waals surface area contributed by atoms with Crippen molar-refractivity contribution in [3.8, 4) is 0 Å². The highest BCUT2D eigenvalue weighted by atomic mass is 32.2. The largest absolute Gasteiger partial charge is 0.389 e. The SMILES string of the molecule is CCN(C(C)C)S(=O)(=O)c1ccc(C(N)=S)cc1. The van der Waals surface area contributed by atoms with E-state index in [0.29, 0.717) is 12.1 Å². The predicted molar refractivity (Wildman–Crippen MR) is 77.0 cm³/mol. The summed E-state index contributed by atoms with van der Waals surface area (Å²) in [6, 6.07) is 6.26. The van der Waals surface area contributed by atoms with Crippen molar-refractivity contribution in [3.63, 3.8) is 0 Å². The Morgan fingerprint density at radius 1 is 1.33 bits per heavy atom. The molecule has 2 N–H and O–H groups in total. The summed E-state index contributed by atoms with van der Waals surface area (Å²) in [5.41, 5.74) is 6.14. The van der Waals surface area contributed by atoms with Crippen LogP contribution in [0.25, 0.3) is 0 Å². The van der Waals surface area contributed by atoms with Crippen LogP contribution in [-0.4, -0.2) is 30.3 Å². The maximum atomic E-state index is 12.3. The van der Waals surface area contributed by atoms with Crippen LogP contribution >= 0.6 is 12.2 Å². The normalized spacial score (nSPS) is 12.1. The van der Waals surface area contributed by atoms with Crippen molar-refractivity contribution in [1.29, 1.82) is 0 Å². The second-order valence-electron chi connectivity index (χ2n) is 4.19. The molecule has 0 aliphatic heterocycles. The molecule has 0 atom stereocenters. The highest BCUT2D eigenvalue weighted by molar-refractivity contribution is 7.89. The van der Waals surface area contributed by atoms with Gasteiger partial charge in [0.05, 0.1) is 4.90 Å². The average Bonchev–Trinajstić information content (AvgIpc) is 2.29. The summed E-state index contributed by atoms with van der Waals surface area (Å²) in [6.07, 6.45) is 0. The number of sulfonamides is 1. The molecule has 18 heavy (non-hydrogen) atoms. The maximum Gasteiger partial charge on any atom is 0.243 e. The highest BCUT2D eigenvalue weighted by Gasteiger charge is 2.25. The van der Waals surface area contributed by atoms with Crippen LogP contribution in [0.2, 0.25) is 0 Å². The van der Waals surface area contributed by atoms with E-state index in [1.807, 2.05) is 20.8 Å². The quantitative estimate of drug-likeness (QED) is 0.838. The zero-order chi connectivity index (χ0) is 13.9. The van der Waals surface area contributed by atoms with Crippen LogP contribution in [0.1, 0.15) is 26.3 Å². The molecule has 0 amide bonds. The summed E-state index contributed by atoms with van der Waals surface area (Å²) in [5, 5.41) is 0. The molecule has 0 heterocycles. The molecule has 0 spiro atoms. The third kappa shape index (κ3) is 3.07. The maximum absolute atomic E-state index is 12.3. The summed E-state index contributed by atoms with van der Waals surface area (Å²) in [7, 11) is -3.44. The van der Waals surface area contributed by atoms with Crippen LogP contribution < -0.4 is 5.73 Å². The van der Waals surface area contributed by atoms with Gasteiger partial charge in [-0.1, -0.05) is 31.3 Å². The van der Waals surface area contributed by atoms with Crippen molar-refractivity contribution in [2.45, 2.75) is 31.7 Å². The number of nitrogens with zero attached hydrogens (tertiary/aromatic N) is 1. The van der Waals surface area contributed by atoms with Gasteiger partial charge in [0, 0.05) is 18.2 Å². The van der Waals surface area contributed by atoms with Crippen LogP contribution in [0.15, 0.2) is 29.2 Å². The van der Waals surface area contributed by atoms with Gasteiger partial charge < -0.3 is 5.73 Å². The van der Waals surface area contributed by atoms with Gasteiger partial charge in [0.2, 0.25) is 10.0 Å². The first-order valence-electron chi connectivity index (χ1n) is 5.72. The van der Waals surface area contributed by atoms with Crippen LogP contribution in [-0.2, 0) is 10.0 Å². The first-order chi connectivity index (χ1) is 8.30. The third-order valence-corrected chi connectivity index (χ3v) is 5.03. The van der Waals surface area contributed by atoms with Crippen LogP contribution in [0, 0.1) is 0 Å². The number of rotatable bonds is 5. The first kappa shape index (κ1) is 15.1. The van der Waals surface area contributed by atoms with E-state index in [1.165, 1.54) is 16.4 Å². The highest BCUT2D eigenvalue weighted by Crippen LogP contribution is 2.18. The Hall–Kier alpha value is -0.980. The van der Waals surface area contributed by atoms with Gasteiger partial charge in [-0.05, 0) is 26.0 Å². The predicted octanol–water partition coefficient (Wildman–Crippen LogP) is 1.74. The standard InChI is InChI=1S/C12H18N2O2S2/c1-4-14(9(2)3)18(15,16)11-7-5-10(6-8-11)12(13)17/h5-9H,4H2,1-3H3,(H2,13,17). The van der Waals surface area contributed by atoms with Gasteiger partial charge in [0.1, 0.15) is 4.99 Å². The molecule has 0 saturated heterocycles. The van der Waals surface area contributed by atoms with Gasteiger partial charge in [-0.2, -0.15) is 4.31 Å². The monoisotopic (exact) mass is 286 g/mol. The van der Waals surface area contributed by atoms with E-state index >= 15 is 0 Å². The third-order valence-electron chi connectivity index (χ3n) is 2.63. The lowest BCUT2D eigenvalue weighted by molar-refractivity contribution is 0.369. The Bertz CT molecular complexity index is 522. The van der Waals surface area contributed by atoms with E-state index in [9.17, 15) is 8.42 Å². The molecule has 0 saturated carbocycles. The lowest BCUT2D eigenvalue weighted by Gasteiger charge is -2.24. The first-order valence-corrected chi connectivity index (χ1v) is 7.57. The molecule has 0 bridgehead atoms. The fourth-order valence-electron chi connectivity index (χ4n) is 1.74. The fourth-order valence-corrected chi connectivity index (χ4v) is 3.52. The molecule has 1 aromatic rings. The second-order valence-corrected chi connectivity index (χ2v) is 6.52. The minimum absolute atomic E-state index is 0.0738. The number of benzene rings is 1. The summed E-state index contributed by atoms with van der Waals surface area (Å²) in [6.45, 7) is 5.97. The van der Waals surface area contributed by atoms with Crippen LogP contribution in [0.4, 0.5) is 0 Å². The van der Waals surface area contributed by atoms with Gasteiger partial charge in [-0.25, -0.2) is 8.42 Å². The molecular weight excluding hydrogens is 268 g/mol. The van der Waals surface area contributed by atoms with E-state index in [2.05, 4.69) is 0 Å². The Balaban J connectivity index is 3.16. The Labute approximate surface area is 114 Å². The van der Waals surface area contributed by atoms with Crippen molar-refractivity contribution < 1.29 is 8.42 Å². The Morgan fingerprint density at radius 3 is 2.17 bits per heavy atom. The minimum atomic E-state index is -3.44. The van der Waals surface area contributed by atoms with Crippen molar-refractivity contribution in [1.82, 2.24) is 4.31 Å². The molecular formula is C12H18N2O2S2. The fraction of sp³-hybridized carbons (Fsp3) is 0.417. The summed E-state index contributed by atoms with van der Waals surface area (Å²) >= 11 is 4.83. The molecule has 100 valence electrons.